The van der Waals surface area contributed by atoms with E-state index in [1.807, 2.05) is 72.0 Å². The average molecular weight is 436 g/mol. The molecule has 1 aliphatic rings. The number of phenols is 1. The Morgan fingerprint density at radius 2 is 1.87 bits per heavy atom. The monoisotopic (exact) mass is 435 g/mol. The average Bonchev–Trinajstić information content (AvgIpc) is 2.82. The first-order chi connectivity index (χ1) is 15.0. The molecule has 0 bridgehead atoms. The van der Waals surface area contributed by atoms with Gasteiger partial charge < -0.3 is 15.2 Å². The van der Waals surface area contributed by atoms with Crippen LogP contribution < -0.4 is 10.1 Å². The van der Waals surface area contributed by atoms with Crippen LogP contribution in [0.15, 0.2) is 64.6 Å². The van der Waals surface area contributed by atoms with Crippen molar-refractivity contribution in [1.82, 2.24) is 5.32 Å². The highest BCUT2D eigenvalue weighted by atomic mass is 32.2. The Labute approximate surface area is 191 Å². The molecule has 0 atom stereocenters. The summed E-state index contributed by atoms with van der Waals surface area (Å²) in [5, 5.41) is 13.1. The van der Waals surface area contributed by atoms with Crippen molar-refractivity contribution < 1.29 is 9.84 Å². The van der Waals surface area contributed by atoms with Gasteiger partial charge in [0.2, 0.25) is 0 Å². The zero-order chi connectivity index (χ0) is 23.4. The van der Waals surface area contributed by atoms with Crippen LogP contribution >= 0.6 is 11.8 Å². The first-order valence-electron chi connectivity index (χ1n) is 10.5. The van der Waals surface area contributed by atoms with E-state index in [-0.39, 0.29) is 5.75 Å². The van der Waals surface area contributed by atoms with Crippen LogP contribution in [-0.2, 0) is 6.61 Å². The molecule has 1 aliphatic heterocycles. The molecule has 4 heteroatoms. The Hall–Kier alpha value is -3.03. The molecule has 2 N–H and O–H groups in total. The summed E-state index contributed by atoms with van der Waals surface area (Å²) >= 11 is 1.45. The minimum atomic E-state index is 0.240. The molecule has 3 rings (SSSR count). The highest BCUT2D eigenvalue weighted by Crippen LogP contribution is 2.44. The number of benzene rings is 2. The fourth-order valence-electron chi connectivity index (χ4n) is 2.87. The summed E-state index contributed by atoms with van der Waals surface area (Å²) in [6, 6.07) is 11.6. The van der Waals surface area contributed by atoms with Gasteiger partial charge >= 0.3 is 0 Å². The molecule has 0 spiro atoms. The van der Waals surface area contributed by atoms with Crippen LogP contribution in [0.3, 0.4) is 0 Å². The number of nitrogens with one attached hydrogen (secondary N) is 1. The summed E-state index contributed by atoms with van der Waals surface area (Å²) in [4.78, 5) is 1.67. The maximum absolute atomic E-state index is 10.1. The molecule has 0 radical (unpaired) electrons. The molecule has 1 heterocycles. The number of terminal acetylenes is 1. The molecule has 0 amide bonds. The number of phenolic OH excluding ortho intramolecular Hbond substituents is 1. The van der Waals surface area contributed by atoms with Crippen LogP contribution in [-0.4, -0.2) is 12.2 Å². The van der Waals surface area contributed by atoms with Gasteiger partial charge in [0.15, 0.2) is 0 Å². The summed E-state index contributed by atoms with van der Waals surface area (Å²) < 4.78 is 6.05. The van der Waals surface area contributed by atoms with Crippen molar-refractivity contribution >= 4 is 23.4 Å². The zero-order valence-electron chi connectivity index (χ0n) is 19.4. The third-order valence-electron chi connectivity index (χ3n) is 4.33. The number of fused-ring (bicyclic) bond motifs is 1. The van der Waals surface area contributed by atoms with Crippen molar-refractivity contribution in [2.45, 2.75) is 46.1 Å². The van der Waals surface area contributed by atoms with Gasteiger partial charge in [-0.3, -0.25) is 0 Å². The number of rotatable bonds is 5. The van der Waals surface area contributed by atoms with Crippen molar-refractivity contribution in [3.05, 3.63) is 76.3 Å². The summed E-state index contributed by atoms with van der Waals surface area (Å²) in [7, 11) is 1.82. The van der Waals surface area contributed by atoms with Crippen LogP contribution in [0.5, 0.6) is 11.5 Å². The number of aromatic hydroxyl groups is 1. The first kappa shape index (κ1) is 26.0. The van der Waals surface area contributed by atoms with Gasteiger partial charge in [-0.25, -0.2) is 0 Å². The van der Waals surface area contributed by atoms with Gasteiger partial charge in [0.1, 0.15) is 18.1 Å². The molecular weight excluding hydrogens is 402 g/mol. The molecule has 164 valence electrons. The number of hydrogen-bond donors (Lipinski definition) is 2. The summed E-state index contributed by atoms with van der Waals surface area (Å²) in [5.74, 6) is 3.64. The van der Waals surface area contributed by atoms with E-state index >= 15 is 0 Å². The van der Waals surface area contributed by atoms with Gasteiger partial charge in [-0.1, -0.05) is 70.2 Å². The minimum absolute atomic E-state index is 0.240. The number of allylic oxidation sites excluding steroid dienone is 3. The minimum Gasteiger partial charge on any atom is -0.507 e. The van der Waals surface area contributed by atoms with E-state index in [0.717, 1.165) is 43.5 Å². The molecular formula is C27H33NO2S. The van der Waals surface area contributed by atoms with Gasteiger partial charge in [-0.2, -0.15) is 0 Å². The van der Waals surface area contributed by atoms with E-state index in [4.69, 9.17) is 11.2 Å². The van der Waals surface area contributed by atoms with Crippen LogP contribution in [0.1, 0.15) is 51.3 Å². The van der Waals surface area contributed by atoms with E-state index in [0.29, 0.717) is 6.61 Å². The largest absolute Gasteiger partial charge is 0.507 e. The quantitative estimate of drug-likeness (QED) is 0.486. The molecule has 0 saturated carbocycles. The van der Waals surface area contributed by atoms with Crippen molar-refractivity contribution in [2.24, 2.45) is 0 Å². The second-order valence-electron chi connectivity index (χ2n) is 6.11. The fourth-order valence-corrected chi connectivity index (χ4v) is 3.72. The number of thioether (sulfide) groups is 1. The number of ether oxygens (including phenoxy) is 1. The lowest BCUT2D eigenvalue weighted by Gasteiger charge is -2.17. The molecule has 0 unspecified atom stereocenters. The predicted molar refractivity (Wildman–Crippen MR) is 136 cm³/mol. The van der Waals surface area contributed by atoms with E-state index in [9.17, 15) is 5.11 Å². The lowest BCUT2D eigenvalue weighted by Crippen LogP contribution is -2.06. The van der Waals surface area contributed by atoms with E-state index < -0.39 is 0 Å². The molecule has 2 aromatic carbocycles. The van der Waals surface area contributed by atoms with Crippen LogP contribution in [0.2, 0.25) is 0 Å². The first-order valence-corrected chi connectivity index (χ1v) is 11.3. The Kier molecular flexibility index (Phi) is 11.2. The Balaban J connectivity index is 0.00000113. The lowest BCUT2D eigenvalue weighted by atomic mass is 10.0. The fraction of sp³-hybridized carbons (Fsp3) is 0.259. The Bertz CT molecular complexity index is 997. The van der Waals surface area contributed by atoms with Gasteiger partial charge in [-0.15, -0.1) is 6.42 Å². The highest BCUT2D eigenvalue weighted by Gasteiger charge is 2.17. The van der Waals surface area contributed by atoms with Crippen molar-refractivity contribution in [1.29, 1.82) is 0 Å². The van der Waals surface area contributed by atoms with Gasteiger partial charge in [0.25, 0.3) is 0 Å². The SMILES string of the molecule is C#C/C(NC)=C(/C)c1cccc(COc2ccc(O)c3c2C=CC(=C)S3)c1.CC.CC. The standard InChI is InChI=1S/C23H21NO2S.2C2H6/c1-5-20(24-4)16(3)18-8-6-7-17(13-18)14-26-22-12-11-21(25)23-19(22)10-9-15(2)27-23;2*1-2/h1,6-13,24-25H,2,14H2,3-4H3;2*1-2H3/b20-16+;;. The van der Waals surface area contributed by atoms with E-state index in [1.54, 1.807) is 12.1 Å². The molecule has 2 aromatic rings. The summed E-state index contributed by atoms with van der Waals surface area (Å²) in [6.45, 7) is 14.3. The number of hydrogen-bond acceptors (Lipinski definition) is 4. The molecule has 0 aromatic heterocycles. The van der Waals surface area contributed by atoms with Crippen LogP contribution in [0, 0.1) is 12.3 Å². The summed E-state index contributed by atoms with van der Waals surface area (Å²) in [5.41, 5.74) is 4.75. The zero-order valence-corrected chi connectivity index (χ0v) is 20.2. The topological polar surface area (TPSA) is 41.5 Å². The van der Waals surface area contributed by atoms with Crippen molar-refractivity contribution in [2.75, 3.05) is 7.05 Å². The maximum Gasteiger partial charge on any atom is 0.130 e. The summed E-state index contributed by atoms with van der Waals surface area (Å²) in [6.07, 6.45) is 9.40. The third kappa shape index (κ3) is 6.73. The lowest BCUT2D eigenvalue weighted by molar-refractivity contribution is 0.304. The molecule has 0 saturated heterocycles. The van der Waals surface area contributed by atoms with E-state index in [2.05, 4.69) is 23.9 Å². The predicted octanol–water partition coefficient (Wildman–Crippen LogP) is 7.24. The second-order valence-corrected chi connectivity index (χ2v) is 7.25. The third-order valence-corrected chi connectivity index (χ3v) is 5.36. The van der Waals surface area contributed by atoms with Crippen LogP contribution in [0.4, 0.5) is 0 Å². The van der Waals surface area contributed by atoms with E-state index in [1.165, 1.54) is 11.8 Å². The smallest absolute Gasteiger partial charge is 0.130 e. The van der Waals surface area contributed by atoms with Crippen LogP contribution in [0.25, 0.3) is 11.6 Å². The molecule has 3 nitrogen and oxygen atoms in total. The Morgan fingerprint density at radius 1 is 1.16 bits per heavy atom. The van der Waals surface area contributed by atoms with Gasteiger partial charge in [0.05, 0.1) is 10.6 Å². The second kappa shape index (κ2) is 13.3. The molecule has 31 heavy (non-hydrogen) atoms. The Morgan fingerprint density at radius 3 is 2.52 bits per heavy atom. The normalized spacial score (nSPS) is 12.1. The highest BCUT2D eigenvalue weighted by molar-refractivity contribution is 8.03. The molecule has 0 aliphatic carbocycles. The van der Waals surface area contributed by atoms with Crippen molar-refractivity contribution in [3.8, 4) is 23.8 Å². The van der Waals surface area contributed by atoms with Gasteiger partial charge in [-0.05, 0) is 54.0 Å². The van der Waals surface area contributed by atoms with Crippen molar-refractivity contribution in [3.63, 3.8) is 0 Å². The molecule has 0 fully saturated rings. The van der Waals surface area contributed by atoms with Gasteiger partial charge in [0, 0.05) is 17.5 Å². The maximum atomic E-state index is 10.1.